The highest BCUT2D eigenvalue weighted by atomic mass is 35.5. The molecule has 0 radical (unpaired) electrons. The number of carbonyl (C=O) groups is 1. The molecular formula is C22H21ClN2O3S. The fraction of sp³-hybridized carbons (Fsp3) is 0.227. The standard InChI is InChI=1S/C22H21ClN2O3S/c1-25(2)19-10-4-9-18-17(19)8-5-11-20(18)29(27,28)24-21(26)22(12-13-22)15-6-3-7-16(23)14-15/h3-11,14H,12-13H2,1-2H3,(H,24,26). The van der Waals surface area contributed by atoms with E-state index in [2.05, 4.69) is 4.72 Å². The van der Waals surface area contributed by atoms with Gasteiger partial charge >= 0.3 is 0 Å². The molecule has 3 aromatic carbocycles. The number of anilines is 1. The summed E-state index contributed by atoms with van der Waals surface area (Å²) < 4.78 is 28.6. The molecule has 0 bridgehead atoms. The first-order valence-electron chi connectivity index (χ1n) is 9.27. The number of amides is 1. The number of benzene rings is 3. The molecule has 3 aromatic rings. The molecule has 29 heavy (non-hydrogen) atoms. The van der Waals surface area contributed by atoms with E-state index in [4.69, 9.17) is 11.6 Å². The molecule has 7 heteroatoms. The SMILES string of the molecule is CN(C)c1cccc2c(S(=O)(=O)NC(=O)C3(c4cccc(Cl)c4)CC3)cccc12. The van der Waals surface area contributed by atoms with Crippen LogP contribution in [0.15, 0.2) is 65.6 Å². The van der Waals surface area contributed by atoms with Crippen molar-refractivity contribution >= 4 is 44.0 Å². The number of hydrogen-bond acceptors (Lipinski definition) is 4. The molecule has 0 atom stereocenters. The second kappa shape index (κ2) is 7.04. The van der Waals surface area contributed by atoms with E-state index in [0.29, 0.717) is 23.3 Å². The van der Waals surface area contributed by atoms with Crippen molar-refractivity contribution in [2.75, 3.05) is 19.0 Å². The van der Waals surface area contributed by atoms with Gasteiger partial charge in [-0.1, -0.05) is 48.0 Å². The quantitative estimate of drug-likeness (QED) is 0.664. The Bertz CT molecular complexity index is 1220. The van der Waals surface area contributed by atoms with Crippen LogP contribution in [-0.4, -0.2) is 28.4 Å². The van der Waals surface area contributed by atoms with Crippen molar-refractivity contribution < 1.29 is 13.2 Å². The maximum Gasteiger partial charge on any atom is 0.264 e. The highest BCUT2D eigenvalue weighted by molar-refractivity contribution is 7.90. The lowest BCUT2D eigenvalue weighted by molar-refractivity contribution is -0.121. The third-order valence-corrected chi connectivity index (χ3v) is 7.04. The second-order valence-electron chi connectivity index (χ2n) is 7.55. The molecule has 1 saturated carbocycles. The van der Waals surface area contributed by atoms with Gasteiger partial charge in [0, 0.05) is 35.6 Å². The van der Waals surface area contributed by atoms with Gasteiger partial charge in [-0.05, 0) is 42.7 Å². The Morgan fingerprint density at radius 2 is 1.66 bits per heavy atom. The summed E-state index contributed by atoms with van der Waals surface area (Å²) in [5.74, 6) is -0.513. The summed E-state index contributed by atoms with van der Waals surface area (Å²) >= 11 is 6.06. The molecule has 0 aliphatic heterocycles. The van der Waals surface area contributed by atoms with E-state index in [1.165, 1.54) is 6.07 Å². The minimum Gasteiger partial charge on any atom is -0.377 e. The van der Waals surface area contributed by atoms with Crippen LogP contribution in [0.2, 0.25) is 5.02 Å². The average Bonchev–Trinajstić information content (AvgIpc) is 3.48. The number of nitrogens with one attached hydrogen (secondary N) is 1. The van der Waals surface area contributed by atoms with Crippen molar-refractivity contribution in [3.05, 3.63) is 71.2 Å². The minimum atomic E-state index is -4.04. The van der Waals surface area contributed by atoms with Crippen LogP contribution < -0.4 is 9.62 Å². The number of hydrogen-bond donors (Lipinski definition) is 1. The van der Waals surface area contributed by atoms with Crippen LogP contribution in [0.25, 0.3) is 10.8 Å². The molecule has 4 rings (SSSR count). The Morgan fingerprint density at radius 3 is 2.31 bits per heavy atom. The topological polar surface area (TPSA) is 66.5 Å². The molecule has 1 amide bonds. The van der Waals surface area contributed by atoms with Crippen molar-refractivity contribution in [1.82, 2.24) is 4.72 Å². The van der Waals surface area contributed by atoms with Gasteiger partial charge in [-0.15, -0.1) is 0 Å². The number of halogens is 1. The normalized spacial score (nSPS) is 15.1. The van der Waals surface area contributed by atoms with Crippen LogP contribution >= 0.6 is 11.6 Å². The summed E-state index contributed by atoms with van der Waals surface area (Å²) in [4.78, 5) is 15.0. The fourth-order valence-electron chi connectivity index (χ4n) is 3.72. The molecule has 1 aliphatic carbocycles. The number of carbonyl (C=O) groups excluding carboxylic acids is 1. The summed E-state index contributed by atoms with van der Waals surface area (Å²) in [7, 11) is -0.236. The molecule has 150 valence electrons. The van der Waals surface area contributed by atoms with Crippen molar-refractivity contribution in [2.24, 2.45) is 0 Å². The maximum absolute atomic E-state index is 13.1. The Hall–Kier alpha value is -2.57. The van der Waals surface area contributed by atoms with Gasteiger partial charge in [-0.2, -0.15) is 0 Å². The van der Waals surface area contributed by atoms with Crippen LogP contribution in [0, 0.1) is 0 Å². The summed E-state index contributed by atoms with van der Waals surface area (Å²) in [5.41, 5.74) is 0.811. The second-order valence-corrected chi connectivity index (χ2v) is 9.64. The van der Waals surface area contributed by atoms with Crippen LogP contribution in [0.1, 0.15) is 18.4 Å². The first-order chi connectivity index (χ1) is 13.7. The molecule has 0 heterocycles. The van der Waals surface area contributed by atoms with E-state index in [1.807, 2.05) is 43.3 Å². The van der Waals surface area contributed by atoms with Gasteiger partial charge in [-0.3, -0.25) is 4.79 Å². The van der Waals surface area contributed by atoms with E-state index in [1.54, 1.807) is 30.3 Å². The fourth-order valence-corrected chi connectivity index (χ4v) is 5.19. The number of sulfonamides is 1. The molecule has 0 spiro atoms. The zero-order valence-electron chi connectivity index (χ0n) is 16.1. The van der Waals surface area contributed by atoms with Crippen LogP contribution in [-0.2, 0) is 20.2 Å². The average molecular weight is 429 g/mol. The summed E-state index contributed by atoms with van der Waals surface area (Å²) in [6.07, 6.45) is 1.18. The highest BCUT2D eigenvalue weighted by Gasteiger charge is 2.52. The molecule has 1 aliphatic rings. The Labute approximate surface area is 175 Å². The summed E-state index contributed by atoms with van der Waals surface area (Å²) in [6, 6.07) is 17.6. The largest absolute Gasteiger partial charge is 0.377 e. The van der Waals surface area contributed by atoms with Gasteiger partial charge < -0.3 is 4.90 Å². The van der Waals surface area contributed by atoms with Gasteiger partial charge in [-0.25, -0.2) is 13.1 Å². The molecular weight excluding hydrogens is 408 g/mol. The minimum absolute atomic E-state index is 0.0916. The predicted octanol–water partition coefficient (Wildman–Crippen LogP) is 4.10. The van der Waals surface area contributed by atoms with E-state index in [9.17, 15) is 13.2 Å². The summed E-state index contributed by atoms with van der Waals surface area (Å²) in [5, 5.41) is 1.91. The lowest BCUT2D eigenvalue weighted by Crippen LogP contribution is -2.38. The molecule has 0 aromatic heterocycles. The van der Waals surface area contributed by atoms with Crippen LogP contribution in [0.5, 0.6) is 0 Å². The molecule has 1 fully saturated rings. The van der Waals surface area contributed by atoms with Gasteiger partial charge in [0.15, 0.2) is 0 Å². The lowest BCUT2D eigenvalue weighted by atomic mass is 9.95. The first kappa shape index (κ1) is 19.7. The van der Waals surface area contributed by atoms with E-state index in [0.717, 1.165) is 16.6 Å². The van der Waals surface area contributed by atoms with E-state index >= 15 is 0 Å². The third-order valence-electron chi connectivity index (χ3n) is 5.42. The highest BCUT2D eigenvalue weighted by Crippen LogP contribution is 2.49. The number of rotatable bonds is 5. The Balaban J connectivity index is 1.72. The van der Waals surface area contributed by atoms with Crippen LogP contribution in [0.3, 0.4) is 0 Å². The van der Waals surface area contributed by atoms with E-state index < -0.39 is 21.3 Å². The van der Waals surface area contributed by atoms with Gasteiger partial charge in [0.05, 0.1) is 10.3 Å². The molecule has 0 unspecified atom stereocenters. The zero-order chi connectivity index (χ0) is 20.8. The molecule has 1 N–H and O–H groups in total. The lowest BCUT2D eigenvalue weighted by Gasteiger charge is -2.19. The summed E-state index contributed by atoms with van der Waals surface area (Å²) in [6.45, 7) is 0. The monoisotopic (exact) mass is 428 g/mol. The Kier molecular flexibility index (Phi) is 4.79. The van der Waals surface area contributed by atoms with Crippen molar-refractivity contribution in [3.8, 4) is 0 Å². The van der Waals surface area contributed by atoms with Gasteiger partial charge in [0.1, 0.15) is 0 Å². The van der Waals surface area contributed by atoms with Crippen LogP contribution in [0.4, 0.5) is 5.69 Å². The van der Waals surface area contributed by atoms with Crippen molar-refractivity contribution in [3.63, 3.8) is 0 Å². The molecule has 0 saturated heterocycles. The van der Waals surface area contributed by atoms with Gasteiger partial charge in [0.2, 0.25) is 5.91 Å². The third kappa shape index (κ3) is 3.47. The van der Waals surface area contributed by atoms with Crippen molar-refractivity contribution in [2.45, 2.75) is 23.2 Å². The molecule has 5 nitrogen and oxygen atoms in total. The number of nitrogens with zero attached hydrogens (tertiary/aromatic N) is 1. The first-order valence-corrected chi connectivity index (χ1v) is 11.1. The van der Waals surface area contributed by atoms with E-state index in [-0.39, 0.29) is 4.90 Å². The maximum atomic E-state index is 13.1. The zero-order valence-corrected chi connectivity index (χ0v) is 17.7. The van der Waals surface area contributed by atoms with Gasteiger partial charge in [0.25, 0.3) is 10.0 Å². The smallest absolute Gasteiger partial charge is 0.264 e. The number of fused-ring (bicyclic) bond motifs is 1. The Morgan fingerprint density at radius 1 is 1.00 bits per heavy atom. The predicted molar refractivity (Wildman–Crippen MR) is 116 cm³/mol. The van der Waals surface area contributed by atoms with Crippen molar-refractivity contribution in [1.29, 1.82) is 0 Å².